The van der Waals surface area contributed by atoms with Crippen molar-refractivity contribution < 1.29 is 35.5 Å². The highest BCUT2D eigenvalue weighted by Crippen LogP contribution is 2.49. The van der Waals surface area contributed by atoms with Crippen LogP contribution in [0.4, 0.5) is 5.69 Å². The van der Waals surface area contributed by atoms with Gasteiger partial charge in [-0.15, -0.1) is 0 Å². The molecule has 8 atom stereocenters. The molecular weight excluding hydrogens is 1020 g/mol. The average molecular weight is 1110 g/mol. The predicted octanol–water partition coefficient (Wildman–Crippen LogP) is 7.61. The molecule has 0 radical (unpaired) electrons. The summed E-state index contributed by atoms with van der Waals surface area (Å²) in [7, 11) is 3.68. The van der Waals surface area contributed by atoms with Crippen molar-refractivity contribution in [1.82, 2.24) is 44.9 Å². The van der Waals surface area contributed by atoms with Gasteiger partial charge in [-0.2, -0.15) is 0 Å². The van der Waals surface area contributed by atoms with E-state index in [2.05, 4.69) is 42.3 Å². The van der Waals surface area contributed by atoms with Crippen LogP contribution >= 0.6 is 0 Å². The van der Waals surface area contributed by atoms with Crippen molar-refractivity contribution in [1.29, 1.82) is 0 Å². The predicted molar refractivity (Wildman–Crippen MR) is 314 cm³/mol. The van der Waals surface area contributed by atoms with Gasteiger partial charge in [0.15, 0.2) is 0 Å². The number of amides is 3. The Morgan fingerprint density at radius 3 is 2.48 bits per heavy atom. The number of benzene rings is 2. The van der Waals surface area contributed by atoms with E-state index in [4.69, 9.17) is 18.6 Å². The molecule has 5 saturated heterocycles. The second-order valence-electron chi connectivity index (χ2n) is 26.7. The van der Waals surface area contributed by atoms with E-state index in [0.717, 1.165) is 107 Å². The SMILES string of the molecule is [2H]C([2H])([2H])C([2H])([2H])n1c(-c2cc(N3CCN(C4CC4)CC3)cnc2[C@H](C)OC)c2c3cc(ccc31)-c1cccc(c1)C[C@H](NC(=O)[C@H](C1CCCC1)N1CC[C@]3(CCN(C(=O)[C@H]4[C@@H](C5CC5)N4C)C3)C1)C(=O)N1CCC[C@H](N1)C(=O)OCC(C)(C)C2. The fourth-order valence-electron chi connectivity index (χ4n) is 15.4. The Labute approximate surface area is 486 Å². The third-order valence-corrected chi connectivity index (χ3v) is 20.4. The van der Waals surface area contributed by atoms with Gasteiger partial charge < -0.3 is 29.2 Å². The number of methoxy groups -OCH3 is 1. The standard InChI is InChI=1S/C65H88N10O6/c1-7-74-54-22-19-46-34-49(54)51(58(74)50-35-48(37-66-55(50)41(2)80-6)71-30-28-70(29-31-71)47-20-21-47)36-64(3,4)40-81-63(79)52-16-11-25-75(68-52)61(77)53(33-42-12-10-15-45(46)32-42)67-60(76)57(43-13-8-9-14-43)72-26-23-65(38-72)24-27-73(39-65)62(78)59-56(69(59)5)44-17-18-44/h10,12,15,19,22,32,34-35,37,41,43-44,47,52-53,56-57,59,68H,7-9,11,13-14,16-18,20-21,23-31,33,36,38-40H2,1-6H3,(H,67,76)/t41-,52-,53-,56+,57-,59+,65-,69?/m0/s1/i1D3,7D2. The van der Waals surface area contributed by atoms with Gasteiger partial charge >= 0.3 is 5.97 Å². The van der Waals surface area contributed by atoms with Crippen molar-refractivity contribution in [2.75, 3.05) is 84.6 Å². The van der Waals surface area contributed by atoms with Crippen molar-refractivity contribution in [3.05, 3.63) is 71.5 Å². The lowest BCUT2D eigenvalue weighted by atomic mass is 9.84. The number of nitrogens with one attached hydrogen (secondary N) is 2. The molecule has 434 valence electrons. The number of likely N-dealkylation sites (tertiary alicyclic amines) is 2. The normalized spacial score (nSPS) is 30.6. The molecule has 16 heteroatoms. The van der Waals surface area contributed by atoms with Gasteiger partial charge in [-0.25, -0.2) is 5.43 Å². The number of hydrogen-bond donors (Lipinski definition) is 2. The van der Waals surface area contributed by atoms with Crippen LogP contribution in [0.1, 0.15) is 134 Å². The summed E-state index contributed by atoms with van der Waals surface area (Å²) in [5.41, 5.74) is 8.13. The minimum atomic E-state index is -3.11. The fraction of sp³-hybridized carbons (Fsp3) is 0.646. The van der Waals surface area contributed by atoms with Gasteiger partial charge in [0.25, 0.3) is 5.91 Å². The maximum atomic E-state index is 15.4. The number of aryl methyl sites for hydroxylation is 1. The number of fused-ring (bicyclic) bond motifs is 6. The number of cyclic esters (lactones) is 1. The number of hydrazine groups is 1. The molecule has 2 aromatic heterocycles. The van der Waals surface area contributed by atoms with Crippen molar-refractivity contribution in [2.24, 2.45) is 22.7 Å². The number of likely N-dealkylation sites (N-methyl/N-ethyl adjacent to an activating group) is 1. The number of rotatable bonds is 12. The lowest BCUT2D eigenvalue weighted by Gasteiger charge is -2.37. The highest BCUT2D eigenvalue weighted by atomic mass is 16.5. The van der Waals surface area contributed by atoms with Crippen LogP contribution in [0.2, 0.25) is 0 Å². The van der Waals surface area contributed by atoms with E-state index in [1.54, 1.807) is 7.11 Å². The summed E-state index contributed by atoms with van der Waals surface area (Å²) in [5.74, 6) is -0.0103. The molecule has 2 N–H and O–H groups in total. The first-order valence-electron chi connectivity index (χ1n) is 33.2. The highest BCUT2D eigenvalue weighted by Gasteiger charge is 2.59. The first-order chi connectivity index (χ1) is 41.1. The number of piperazine rings is 1. The first-order valence-corrected chi connectivity index (χ1v) is 30.7. The smallest absolute Gasteiger partial charge is 0.324 e. The molecule has 1 unspecified atom stereocenters. The second kappa shape index (κ2) is 22.0. The van der Waals surface area contributed by atoms with E-state index in [1.165, 1.54) is 35.3 Å². The quantitative estimate of drug-likeness (QED) is 0.106. The molecule has 4 aromatic rings. The Hall–Kier alpha value is -5.39. The molecule has 6 bridgehead atoms. The third-order valence-electron chi connectivity index (χ3n) is 20.4. The monoisotopic (exact) mass is 1110 g/mol. The molecule has 3 aliphatic carbocycles. The molecule has 81 heavy (non-hydrogen) atoms. The zero-order valence-corrected chi connectivity index (χ0v) is 48.4. The molecule has 3 saturated carbocycles. The summed E-state index contributed by atoms with van der Waals surface area (Å²) >= 11 is 0. The van der Waals surface area contributed by atoms with Crippen molar-refractivity contribution in [3.8, 4) is 22.4 Å². The van der Waals surface area contributed by atoms with Crippen LogP contribution in [-0.4, -0.2) is 174 Å². The van der Waals surface area contributed by atoms with Gasteiger partial charge in [0, 0.05) is 119 Å². The lowest BCUT2D eigenvalue weighted by molar-refractivity contribution is -0.155. The fourth-order valence-corrected chi connectivity index (χ4v) is 15.4. The molecule has 6 aliphatic heterocycles. The summed E-state index contributed by atoms with van der Waals surface area (Å²) < 4.78 is 59.4. The number of carbonyl (C=O) groups is 4. The Morgan fingerprint density at radius 2 is 1.72 bits per heavy atom. The van der Waals surface area contributed by atoms with E-state index in [1.807, 2.05) is 75.5 Å². The Bertz CT molecular complexity index is 3260. The van der Waals surface area contributed by atoms with Crippen LogP contribution in [0.15, 0.2) is 54.7 Å². The zero-order chi connectivity index (χ0) is 60.2. The minimum Gasteiger partial charge on any atom is -0.464 e. The maximum absolute atomic E-state index is 15.4. The van der Waals surface area contributed by atoms with Crippen molar-refractivity contribution in [3.63, 3.8) is 0 Å². The Balaban J connectivity index is 0.867. The van der Waals surface area contributed by atoms with Gasteiger partial charge in [-0.1, -0.05) is 57.0 Å². The molecule has 13 rings (SSSR count). The first kappa shape index (κ1) is 49.1. The summed E-state index contributed by atoms with van der Waals surface area (Å²) in [6.45, 7) is 6.40. The Morgan fingerprint density at radius 1 is 0.926 bits per heavy atom. The van der Waals surface area contributed by atoms with Gasteiger partial charge in [0.05, 0.1) is 42.0 Å². The van der Waals surface area contributed by atoms with Gasteiger partial charge in [0.2, 0.25) is 11.8 Å². The summed E-state index contributed by atoms with van der Waals surface area (Å²) in [6.07, 6.45) is 13.2. The zero-order valence-electron chi connectivity index (χ0n) is 53.4. The number of esters is 1. The van der Waals surface area contributed by atoms with Crippen LogP contribution in [0, 0.1) is 22.7 Å². The van der Waals surface area contributed by atoms with Crippen molar-refractivity contribution in [2.45, 2.75) is 166 Å². The number of nitrogens with zero attached hydrogens (tertiary/aromatic N) is 8. The van der Waals surface area contributed by atoms with Crippen molar-refractivity contribution >= 4 is 40.3 Å². The largest absolute Gasteiger partial charge is 0.464 e. The number of carbonyl (C=O) groups excluding carboxylic acids is 4. The molecule has 8 heterocycles. The summed E-state index contributed by atoms with van der Waals surface area (Å²) in [5, 5.41) is 5.49. The molecule has 2 aromatic carbocycles. The van der Waals surface area contributed by atoms with Crippen LogP contribution < -0.4 is 15.6 Å². The van der Waals surface area contributed by atoms with Gasteiger partial charge in [0.1, 0.15) is 18.1 Å². The van der Waals surface area contributed by atoms with E-state index >= 15 is 9.59 Å². The van der Waals surface area contributed by atoms with Crippen LogP contribution in [0.5, 0.6) is 0 Å². The number of hydrogen-bond acceptors (Lipinski definition) is 12. The van der Waals surface area contributed by atoms with E-state index in [0.29, 0.717) is 77.4 Å². The minimum absolute atomic E-state index is 0.00783. The molecule has 16 nitrogen and oxygen atoms in total. The molecule has 9 aliphatic rings. The molecule has 3 amide bonds. The number of ether oxygens (including phenoxy) is 2. The molecule has 1 spiro atoms. The van der Waals surface area contributed by atoms with Crippen LogP contribution in [-0.2, 0) is 48.0 Å². The van der Waals surface area contributed by atoms with Crippen LogP contribution in [0.3, 0.4) is 0 Å². The highest BCUT2D eigenvalue weighted by molar-refractivity contribution is 5.96. The van der Waals surface area contributed by atoms with E-state index in [-0.39, 0.29) is 54.5 Å². The maximum Gasteiger partial charge on any atom is 0.324 e. The van der Waals surface area contributed by atoms with E-state index in [9.17, 15) is 12.3 Å². The number of pyridine rings is 1. The topological polar surface area (TPSA) is 148 Å². The molecule has 8 fully saturated rings. The average Bonchev–Trinajstić information content (AvgIpc) is 1.60. The molecular formula is C65H88N10O6. The Kier molecular flexibility index (Phi) is 13.3. The second-order valence-corrected chi connectivity index (χ2v) is 26.7. The van der Waals surface area contributed by atoms with Crippen LogP contribution in [0.25, 0.3) is 33.3 Å². The number of aromatic nitrogens is 2. The van der Waals surface area contributed by atoms with E-state index < -0.39 is 49.0 Å². The number of anilines is 1. The van der Waals surface area contributed by atoms with Gasteiger partial charge in [-0.3, -0.25) is 43.9 Å². The van der Waals surface area contributed by atoms with Gasteiger partial charge in [-0.05, 0) is 150 Å². The third kappa shape index (κ3) is 10.8. The lowest BCUT2D eigenvalue weighted by Crippen LogP contribution is -2.62. The summed E-state index contributed by atoms with van der Waals surface area (Å²) in [4.78, 5) is 75.6. The summed E-state index contributed by atoms with van der Waals surface area (Å²) in [6, 6.07) is 14.4.